The zero-order valence-corrected chi connectivity index (χ0v) is 15.3. The Morgan fingerprint density at radius 1 is 1.35 bits per heavy atom. The lowest BCUT2D eigenvalue weighted by Gasteiger charge is -2.28. The van der Waals surface area contributed by atoms with Crippen LogP contribution < -0.4 is 10.6 Å². The van der Waals surface area contributed by atoms with Crippen LogP contribution in [0.3, 0.4) is 0 Å². The largest absolute Gasteiger partial charge is 0.361 e. The molecule has 0 radical (unpaired) electrons. The summed E-state index contributed by atoms with van der Waals surface area (Å²) in [5.74, 6) is -0.288. The van der Waals surface area contributed by atoms with Gasteiger partial charge in [-0.15, -0.1) is 0 Å². The van der Waals surface area contributed by atoms with Crippen LogP contribution in [0.2, 0.25) is 5.02 Å². The fourth-order valence-corrected chi connectivity index (χ4v) is 3.58. The summed E-state index contributed by atoms with van der Waals surface area (Å²) in [5, 5.41) is 7.66. The molecule has 2 N–H and O–H groups in total. The normalized spacial score (nSPS) is 17.1. The van der Waals surface area contributed by atoms with E-state index >= 15 is 0 Å². The van der Waals surface area contributed by atoms with Crippen molar-refractivity contribution < 1.29 is 4.39 Å². The number of rotatable bonds is 5. The molecule has 1 aliphatic carbocycles. The summed E-state index contributed by atoms with van der Waals surface area (Å²) >= 11 is 11.6. The van der Waals surface area contributed by atoms with Crippen LogP contribution in [0.4, 0.5) is 4.39 Å². The Labute approximate surface area is 148 Å². The van der Waals surface area contributed by atoms with E-state index in [1.165, 1.54) is 25.3 Å². The number of benzene rings is 1. The van der Waals surface area contributed by atoms with Gasteiger partial charge in [0.15, 0.2) is 5.11 Å². The average molecular weight is 358 g/mol. The third kappa shape index (κ3) is 5.30. The Morgan fingerprint density at radius 2 is 2.04 bits per heavy atom. The summed E-state index contributed by atoms with van der Waals surface area (Å²) in [4.78, 5) is 1.94. The van der Waals surface area contributed by atoms with E-state index in [2.05, 4.69) is 10.6 Å². The predicted octanol–water partition coefficient (Wildman–Crippen LogP) is 3.88. The number of hydrogen-bond acceptors (Lipinski definition) is 2. The third-order valence-corrected chi connectivity index (χ3v) is 4.94. The van der Waals surface area contributed by atoms with E-state index in [-0.39, 0.29) is 11.9 Å². The van der Waals surface area contributed by atoms with Crippen molar-refractivity contribution in [3.8, 4) is 0 Å². The van der Waals surface area contributed by atoms with E-state index in [1.807, 2.05) is 19.0 Å². The molecule has 1 aromatic rings. The van der Waals surface area contributed by atoms with Gasteiger partial charge in [0.1, 0.15) is 5.82 Å². The fourth-order valence-electron chi connectivity index (χ4n) is 3.04. The highest BCUT2D eigenvalue weighted by molar-refractivity contribution is 7.80. The zero-order valence-electron chi connectivity index (χ0n) is 13.7. The lowest BCUT2D eigenvalue weighted by molar-refractivity contribution is 0.290. The molecule has 0 heterocycles. The SMILES string of the molecule is CN(C)[C@@H](CNC(=S)NC1CCCCC1)c1c(F)cccc1Cl. The molecule has 6 heteroatoms. The molecule has 0 amide bonds. The maximum absolute atomic E-state index is 14.2. The Bertz CT molecular complexity index is 512. The van der Waals surface area contributed by atoms with Gasteiger partial charge in [0.05, 0.1) is 6.04 Å². The van der Waals surface area contributed by atoms with Crippen molar-refractivity contribution in [2.24, 2.45) is 0 Å². The molecule has 1 saturated carbocycles. The first-order valence-corrected chi connectivity index (χ1v) is 8.92. The van der Waals surface area contributed by atoms with Crippen LogP contribution in [0.25, 0.3) is 0 Å². The molecule has 1 fully saturated rings. The third-order valence-electron chi connectivity index (χ3n) is 4.35. The molecule has 0 unspecified atom stereocenters. The van der Waals surface area contributed by atoms with Crippen molar-refractivity contribution in [3.63, 3.8) is 0 Å². The maximum atomic E-state index is 14.2. The van der Waals surface area contributed by atoms with Crippen molar-refractivity contribution in [1.82, 2.24) is 15.5 Å². The molecule has 3 nitrogen and oxygen atoms in total. The van der Waals surface area contributed by atoms with Gasteiger partial charge in [-0.05, 0) is 51.3 Å². The van der Waals surface area contributed by atoms with Gasteiger partial charge in [-0.3, -0.25) is 0 Å². The van der Waals surface area contributed by atoms with E-state index in [9.17, 15) is 4.39 Å². The van der Waals surface area contributed by atoms with Crippen LogP contribution in [0.1, 0.15) is 43.7 Å². The van der Waals surface area contributed by atoms with Gasteiger partial charge < -0.3 is 15.5 Å². The van der Waals surface area contributed by atoms with E-state index < -0.39 is 0 Å². The lowest BCUT2D eigenvalue weighted by atomic mass is 9.96. The summed E-state index contributed by atoms with van der Waals surface area (Å²) < 4.78 is 14.2. The van der Waals surface area contributed by atoms with Crippen LogP contribution in [-0.2, 0) is 0 Å². The van der Waals surface area contributed by atoms with Gasteiger partial charge in [0.25, 0.3) is 0 Å². The van der Waals surface area contributed by atoms with E-state index in [1.54, 1.807) is 12.1 Å². The Balaban J connectivity index is 1.96. The topological polar surface area (TPSA) is 27.3 Å². The van der Waals surface area contributed by atoms with E-state index in [0.717, 1.165) is 12.8 Å². The molecular formula is C17H25ClFN3S. The molecule has 23 heavy (non-hydrogen) atoms. The molecular weight excluding hydrogens is 333 g/mol. The summed E-state index contributed by atoms with van der Waals surface area (Å²) in [6.45, 7) is 0.506. The second kappa shape index (κ2) is 8.81. The summed E-state index contributed by atoms with van der Waals surface area (Å²) in [6.07, 6.45) is 6.15. The van der Waals surface area contributed by atoms with Gasteiger partial charge >= 0.3 is 0 Å². The van der Waals surface area contributed by atoms with Gasteiger partial charge in [-0.25, -0.2) is 4.39 Å². The molecule has 0 aromatic heterocycles. The highest BCUT2D eigenvalue weighted by atomic mass is 35.5. The quantitative estimate of drug-likeness (QED) is 0.782. The standard InChI is InChI=1S/C17H25ClFN3S/c1-22(2)15(16-13(18)9-6-10-14(16)19)11-20-17(23)21-12-7-4-3-5-8-12/h6,9-10,12,15H,3-5,7-8,11H2,1-2H3,(H2,20,21,23)/t15-/m0/s1. The van der Waals surface area contributed by atoms with E-state index in [4.69, 9.17) is 23.8 Å². The van der Waals surface area contributed by atoms with Gasteiger partial charge in [0.2, 0.25) is 0 Å². The highest BCUT2D eigenvalue weighted by Gasteiger charge is 2.22. The van der Waals surface area contributed by atoms with Gasteiger partial charge in [-0.1, -0.05) is 36.9 Å². The number of halogens is 2. The number of nitrogens with one attached hydrogen (secondary N) is 2. The smallest absolute Gasteiger partial charge is 0.166 e. The van der Waals surface area contributed by atoms with Crippen LogP contribution in [0.15, 0.2) is 18.2 Å². The summed E-state index contributed by atoms with van der Waals surface area (Å²) in [7, 11) is 3.82. The minimum Gasteiger partial charge on any atom is -0.361 e. The van der Waals surface area contributed by atoms with Crippen molar-refractivity contribution >= 4 is 28.9 Å². The number of nitrogens with zero attached hydrogens (tertiary/aromatic N) is 1. The van der Waals surface area contributed by atoms with Crippen LogP contribution in [0, 0.1) is 5.82 Å². The number of hydrogen-bond donors (Lipinski definition) is 2. The van der Waals surface area contributed by atoms with Crippen LogP contribution in [0.5, 0.6) is 0 Å². The molecule has 1 aliphatic rings. The minimum atomic E-state index is -0.288. The second-order valence-corrected chi connectivity index (χ2v) is 7.12. The summed E-state index contributed by atoms with van der Waals surface area (Å²) in [5.41, 5.74) is 0.507. The van der Waals surface area contributed by atoms with Gasteiger partial charge in [-0.2, -0.15) is 0 Å². The van der Waals surface area contributed by atoms with Crippen LogP contribution in [-0.4, -0.2) is 36.7 Å². The summed E-state index contributed by atoms with van der Waals surface area (Å²) in [6, 6.07) is 5.05. The zero-order chi connectivity index (χ0) is 16.8. The Kier molecular flexibility index (Phi) is 7.06. The average Bonchev–Trinajstić information content (AvgIpc) is 2.50. The van der Waals surface area contributed by atoms with E-state index in [0.29, 0.717) is 28.3 Å². The van der Waals surface area contributed by atoms with Crippen molar-refractivity contribution in [3.05, 3.63) is 34.6 Å². The fraction of sp³-hybridized carbons (Fsp3) is 0.588. The first kappa shape index (κ1) is 18.4. The molecule has 0 spiro atoms. The molecule has 2 rings (SSSR count). The molecule has 1 aromatic carbocycles. The predicted molar refractivity (Wildman–Crippen MR) is 98.4 cm³/mol. The Hall–Kier alpha value is -0.910. The monoisotopic (exact) mass is 357 g/mol. The molecule has 0 aliphatic heterocycles. The van der Waals surface area contributed by atoms with Crippen molar-refractivity contribution in [2.45, 2.75) is 44.2 Å². The molecule has 0 saturated heterocycles. The first-order valence-electron chi connectivity index (χ1n) is 8.13. The molecule has 128 valence electrons. The minimum absolute atomic E-state index is 0.185. The van der Waals surface area contributed by atoms with Crippen molar-refractivity contribution in [2.75, 3.05) is 20.6 Å². The lowest BCUT2D eigenvalue weighted by Crippen LogP contribution is -2.45. The molecule has 1 atom stereocenters. The highest BCUT2D eigenvalue weighted by Crippen LogP contribution is 2.28. The number of thiocarbonyl (C=S) groups is 1. The first-order chi connectivity index (χ1) is 11.0. The van der Waals surface area contributed by atoms with Gasteiger partial charge in [0, 0.05) is 23.2 Å². The van der Waals surface area contributed by atoms with Crippen LogP contribution >= 0.6 is 23.8 Å². The number of likely N-dealkylation sites (N-methyl/N-ethyl adjacent to an activating group) is 1. The molecule has 0 bridgehead atoms. The Morgan fingerprint density at radius 3 is 2.65 bits per heavy atom. The van der Waals surface area contributed by atoms with Crippen molar-refractivity contribution in [1.29, 1.82) is 0 Å². The second-order valence-electron chi connectivity index (χ2n) is 6.30. The maximum Gasteiger partial charge on any atom is 0.166 e.